The molecule has 0 aromatic rings. The van der Waals surface area contributed by atoms with E-state index >= 15 is 0 Å². The molecule has 0 saturated carbocycles. The average molecular weight is 123 g/mol. The van der Waals surface area contributed by atoms with Crippen molar-refractivity contribution in [3.63, 3.8) is 0 Å². The minimum absolute atomic E-state index is 0.202. The summed E-state index contributed by atoms with van der Waals surface area (Å²) in [6.45, 7) is 3.66. The zero-order valence-electron chi connectivity index (χ0n) is 5.59. The molecule has 4 heteroatoms. The Kier molecular flexibility index (Phi) is 2.19. The lowest BCUT2D eigenvalue weighted by atomic mass is 9.68. The van der Waals surface area contributed by atoms with E-state index < -0.39 is 0 Å². The van der Waals surface area contributed by atoms with Crippen LogP contribution in [0, 0.1) is 0 Å². The SMILES string of the molecule is [B]C1(CO[B]C)COC1. The molecule has 9 heavy (non-hydrogen) atoms. The van der Waals surface area contributed by atoms with Gasteiger partial charge in [0.15, 0.2) is 0 Å². The largest absolute Gasteiger partial charge is 0.441 e. The van der Waals surface area contributed by atoms with Gasteiger partial charge in [0, 0.05) is 25.1 Å². The van der Waals surface area contributed by atoms with Crippen molar-refractivity contribution in [2.75, 3.05) is 19.8 Å². The Morgan fingerprint density at radius 3 is 2.78 bits per heavy atom. The maximum Gasteiger partial charge on any atom is 0.288 e. The molecule has 2 nitrogen and oxygen atoms in total. The summed E-state index contributed by atoms with van der Waals surface area (Å²) in [5.41, 5.74) is 0. The Balaban J connectivity index is 2.09. The van der Waals surface area contributed by atoms with Crippen LogP contribution in [0.5, 0.6) is 0 Å². The summed E-state index contributed by atoms with van der Waals surface area (Å²) in [6, 6.07) is 0. The van der Waals surface area contributed by atoms with Crippen molar-refractivity contribution < 1.29 is 9.39 Å². The van der Waals surface area contributed by atoms with Crippen LogP contribution in [0.1, 0.15) is 0 Å². The highest BCUT2D eigenvalue weighted by Gasteiger charge is 2.32. The summed E-state index contributed by atoms with van der Waals surface area (Å²) < 4.78 is 9.93. The van der Waals surface area contributed by atoms with Gasteiger partial charge in [0.1, 0.15) is 0 Å². The van der Waals surface area contributed by atoms with Crippen LogP contribution in [0.3, 0.4) is 0 Å². The van der Waals surface area contributed by atoms with Crippen LogP contribution in [0.15, 0.2) is 0 Å². The van der Waals surface area contributed by atoms with E-state index in [9.17, 15) is 0 Å². The first-order chi connectivity index (χ1) is 4.27. The third-order valence-corrected chi connectivity index (χ3v) is 1.32. The quantitative estimate of drug-likeness (QED) is 0.492. The first-order valence-corrected chi connectivity index (χ1v) is 3.03. The van der Waals surface area contributed by atoms with Gasteiger partial charge in [0.2, 0.25) is 0 Å². The van der Waals surface area contributed by atoms with Crippen LogP contribution >= 0.6 is 0 Å². The highest BCUT2D eigenvalue weighted by molar-refractivity contribution is 6.25. The van der Waals surface area contributed by atoms with E-state index in [-0.39, 0.29) is 5.31 Å². The molecule has 0 aromatic heterocycles. The van der Waals surface area contributed by atoms with Crippen molar-refractivity contribution in [2.45, 2.75) is 12.1 Å². The van der Waals surface area contributed by atoms with Gasteiger partial charge >= 0.3 is 0 Å². The molecule has 1 aliphatic rings. The Hall–Kier alpha value is 0.0499. The highest BCUT2D eigenvalue weighted by atomic mass is 16.5. The van der Waals surface area contributed by atoms with Crippen LogP contribution in [-0.4, -0.2) is 35.1 Å². The predicted molar refractivity (Wildman–Crippen MR) is 36.8 cm³/mol. The lowest BCUT2D eigenvalue weighted by molar-refractivity contribution is -0.0372. The van der Waals surface area contributed by atoms with Crippen molar-refractivity contribution in [1.82, 2.24) is 0 Å². The second-order valence-electron chi connectivity index (χ2n) is 2.40. The fourth-order valence-electron chi connectivity index (χ4n) is 0.697. The van der Waals surface area contributed by atoms with Crippen molar-refractivity contribution in [3.8, 4) is 0 Å². The molecule has 0 amide bonds. The topological polar surface area (TPSA) is 18.5 Å². The Labute approximate surface area is 57.6 Å². The van der Waals surface area contributed by atoms with Gasteiger partial charge in [-0.25, -0.2) is 0 Å². The molecule has 1 heterocycles. The molecule has 0 unspecified atom stereocenters. The smallest absolute Gasteiger partial charge is 0.288 e. The van der Waals surface area contributed by atoms with E-state index in [1.165, 1.54) is 0 Å². The molecule has 1 saturated heterocycles. The van der Waals surface area contributed by atoms with E-state index in [1.54, 1.807) is 7.48 Å². The molecular weight excluding hydrogens is 114 g/mol. The van der Waals surface area contributed by atoms with Gasteiger partial charge in [-0.05, 0) is 0 Å². The fourth-order valence-corrected chi connectivity index (χ4v) is 0.697. The summed E-state index contributed by atoms with van der Waals surface area (Å²) in [5.74, 6) is 0. The molecule has 0 atom stereocenters. The number of ether oxygens (including phenoxy) is 1. The third kappa shape index (κ3) is 1.73. The van der Waals surface area contributed by atoms with E-state index in [0.29, 0.717) is 19.8 Å². The second kappa shape index (κ2) is 2.76. The summed E-state index contributed by atoms with van der Waals surface area (Å²) in [5, 5.41) is -0.202. The average Bonchev–Trinajstić information content (AvgIpc) is 1.79. The lowest BCUT2D eigenvalue weighted by Gasteiger charge is -2.38. The van der Waals surface area contributed by atoms with Gasteiger partial charge in [0.25, 0.3) is 7.48 Å². The summed E-state index contributed by atoms with van der Waals surface area (Å²) in [7, 11) is 7.36. The molecule has 0 aliphatic carbocycles. The highest BCUT2D eigenvalue weighted by Crippen LogP contribution is 2.30. The third-order valence-electron chi connectivity index (χ3n) is 1.32. The molecule has 47 valence electrons. The Morgan fingerprint density at radius 1 is 1.78 bits per heavy atom. The second-order valence-corrected chi connectivity index (χ2v) is 2.40. The summed E-state index contributed by atoms with van der Waals surface area (Å²) in [4.78, 5) is 0. The number of hydrogen-bond donors (Lipinski definition) is 0. The monoisotopic (exact) mass is 123 g/mol. The van der Waals surface area contributed by atoms with Crippen LogP contribution in [0.2, 0.25) is 12.1 Å². The molecule has 3 radical (unpaired) electrons. The van der Waals surface area contributed by atoms with Gasteiger partial charge in [-0.2, -0.15) is 0 Å². The number of hydrogen-bond acceptors (Lipinski definition) is 2. The van der Waals surface area contributed by atoms with Crippen molar-refractivity contribution in [1.29, 1.82) is 0 Å². The van der Waals surface area contributed by atoms with Crippen LogP contribution < -0.4 is 0 Å². The van der Waals surface area contributed by atoms with Crippen LogP contribution in [0.4, 0.5) is 0 Å². The predicted octanol–water partition coefficient (Wildman–Crippen LogP) is 0.0277. The fraction of sp³-hybridized carbons (Fsp3) is 1.00. The van der Waals surface area contributed by atoms with Crippen molar-refractivity contribution >= 4 is 15.3 Å². The van der Waals surface area contributed by atoms with Crippen LogP contribution in [0.25, 0.3) is 0 Å². The first-order valence-electron chi connectivity index (χ1n) is 3.03. The minimum atomic E-state index is -0.202. The normalized spacial score (nSPS) is 22.8. The Bertz CT molecular complexity index is 93.0. The zero-order chi connectivity index (χ0) is 6.74. The van der Waals surface area contributed by atoms with E-state index in [2.05, 4.69) is 0 Å². The summed E-state index contributed by atoms with van der Waals surface area (Å²) >= 11 is 0. The van der Waals surface area contributed by atoms with Gasteiger partial charge in [-0.15, -0.1) is 0 Å². The maximum absolute atomic E-state index is 5.72. The maximum atomic E-state index is 5.72. The van der Waals surface area contributed by atoms with Gasteiger partial charge in [-0.1, -0.05) is 6.82 Å². The molecular formula is C5H9B2O2. The first kappa shape index (κ1) is 7.16. The van der Waals surface area contributed by atoms with E-state index in [1.807, 2.05) is 6.82 Å². The van der Waals surface area contributed by atoms with Crippen LogP contribution in [-0.2, 0) is 9.39 Å². The van der Waals surface area contributed by atoms with E-state index in [4.69, 9.17) is 17.2 Å². The molecule has 0 N–H and O–H groups in total. The molecule has 1 fully saturated rings. The molecule has 1 rings (SSSR count). The van der Waals surface area contributed by atoms with Crippen molar-refractivity contribution in [2.24, 2.45) is 0 Å². The number of rotatable bonds is 3. The molecule has 0 bridgehead atoms. The molecule has 1 aliphatic heterocycles. The molecule has 0 spiro atoms. The minimum Gasteiger partial charge on any atom is -0.441 e. The lowest BCUT2D eigenvalue weighted by Crippen LogP contribution is -2.40. The standard InChI is InChI=1S/C5H9B2O2/c1-7-9-4-5(6)2-8-3-5/h2-4H2,1H3. The van der Waals surface area contributed by atoms with Gasteiger partial charge in [0.05, 0.1) is 7.85 Å². The summed E-state index contributed by atoms with van der Waals surface area (Å²) in [6.07, 6.45) is 0. The van der Waals surface area contributed by atoms with Gasteiger partial charge < -0.3 is 9.39 Å². The van der Waals surface area contributed by atoms with E-state index in [0.717, 1.165) is 0 Å². The Morgan fingerprint density at radius 2 is 2.44 bits per heavy atom. The molecule has 0 aromatic carbocycles. The van der Waals surface area contributed by atoms with Crippen molar-refractivity contribution in [3.05, 3.63) is 0 Å². The zero-order valence-corrected chi connectivity index (χ0v) is 5.59. The van der Waals surface area contributed by atoms with Gasteiger partial charge in [-0.3, -0.25) is 0 Å².